The zero-order chi connectivity index (χ0) is 19.1. The third-order valence-electron chi connectivity index (χ3n) is 4.24. The number of hydrogen-bond donors (Lipinski definition) is 0. The summed E-state index contributed by atoms with van der Waals surface area (Å²) < 4.78 is 6.05. The van der Waals surface area contributed by atoms with Crippen molar-refractivity contribution >= 4 is 17.7 Å². The highest BCUT2D eigenvalue weighted by atomic mass is 16.5. The summed E-state index contributed by atoms with van der Waals surface area (Å²) in [5, 5.41) is 0. The molecule has 0 aliphatic rings. The lowest BCUT2D eigenvalue weighted by atomic mass is 10.1. The van der Waals surface area contributed by atoms with Crippen LogP contribution >= 0.6 is 0 Å². The number of ether oxygens (including phenoxy) is 1. The molecular formula is C24H23NO2. The Morgan fingerprint density at radius 3 is 2.33 bits per heavy atom. The largest absolute Gasteiger partial charge is 0.455 e. The van der Waals surface area contributed by atoms with Gasteiger partial charge in [-0.15, -0.1) is 0 Å². The summed E-state index contributed by atoms with van der Waals surface area (Å²) in [4.78, 5) is 14.2. The molecule has 1 amide bonds. The number of nitrogens with zero attached hydrogens (tertiary/aromatic N) is 1. The van der Waals surface area contributed by atoms with Crippen LogP contribution in [0, 0.1) is 0 Å². The van der Waals surface area contributed by atoms with Crippen LogP contribution in [0.5, 0.6) is 11.5 Å². The fourth-order valence-electron chi connectivity index (χ4n) is 2.94. The summed E-state index contributed by atoms with van der Waals surface area (Å²) in [6.45, 7) is 4.05. The number of rotatable bonds is 6. The molecule has 0 radical (unpaired) electrons. The third kappa shape index (κ3) is 4.64. The Bertz CT molecular complexity index is 932. The molecule has 3 rings (SSSR count). The summed E-state index contributed by atoms with van der Waals surface area (Å²) in [6, 6.07) is 25.3. The van der Waals surface area contributed by atoms with Crippen molar-refractivity contribution in [1.82, 2.24) is 0 Å². The van der Waals surface area contributed by atoms with Crippen molar-refractivity contribution < 1.29 is 9.53 Å². The lowest BCUT2D eigenvalue weighted by molar-refractivity contribution is -0.116. The van der Waals surface area contributed by atoms with Gasteiger partial charge in [0.15, 0.2) is 5.75 Å². The predicted molar refractivity (Wildman–Crippen MR) is 111 cm³/mol. The lowest BCUT2D eigenvalue weighted by Gasteiger charge is -2.24. The molecule has 3 aromatic rings. The van der Waals surface area contributed by atoms with Crippen LogP contribution in [0.1, 0.15) is 25.0 Å². The van der Waals surface area contributed by atoms with E-state index in [0.29, 0.717) is 12.3 Å². The van der Waals surface area contributed by atoms with Gasteiger partial charge >= 0.3 is 0 Å². The standard InChI is InChI=1S/C24H23NO2/c1-3-11-20-12-7-8-13-21(20)18-25(19(2)26)23-16-9-10-17-24(23)27-22-14-5-4-6-15-22/h3-17H,18H2,1-2H3/b11-3-. The molecule has 27 heavy (non-hydrogen) atoms. The van der Waals surface area contributed by atoms with Crippen LogP contribution in [0.4, 0.5) is 5.69 Å². The van der Waals surface area contributed by atoms with Crippen LogP contribution in [-0.4, -0.2) is 5.91 Å². The van der Waals surface area contributed by atoms with Crippen molar-refractivity contribution in [2.45, 2.75) is 20.4 Å². The summed E-state index contributed by atoms with van der Waals surface area (Å²) in [5.74, 6) is 1.36. The number of carbonyl (C=O) groups excluding carboxylic acids is 1. The van der Waals surface area contributed by atoms with Gasteiger partial charge < -0.3 is 9.64 Å². The molecule has 0 fully saturated rings. The van der Waals surface area contributed by atoms with Gasteiger partial charge in [-0.25, -0.2) is 0 Å². The van der Waals surface area contributed by atoms with Crippen LogP contribution in [0.15, 0.2) is 84.9 Å². The molecule has 0 saturated carbocycles. The topological polar surface area (TPSA) is 29.5 Å². The van der Waals surface area contributed by atoms with Gasteiger partial charge in [-0.2, -0.15) is 0 Å². The first kappa shape index (κ1) is 18.5. The molecule has 0 spiro atoms. The van der Waals surface area contributed by atoms with Crippen molar-refractivity contribution in [3.63, 3.8) is 0 Å². The van der Waals surface area contributed by atoms with Crippen molar-refractivity contribution in [2.24, 2.45) is 0 Å². The van der Waals surface area contributed by atoms with Crippen LogP contribution in [0.25, 0.3) is 6.08 Å². The number of anilines is 1. The molecular weight excluding hydrogens is 334 g/mol. The van der Waals surface area contributed by atoms with E-state index >= 15 is 0 Å². The van der Waals surface area contributed by atoms with Crippen LogP contribution in [-0.2, 0) is 11.3 Å². The molecule has 0 aliphatic heterocycles. The highest BCUT2D eigenvalue weighted by Crippen LogP contribution is 2.33. The lowest BCUT2D eigenvalue weighted by Crippen LogP contribution is -2.28. The quantitative estimate of drug-likeness (QED) is 0.536. The number of allylic oxidation sites excluding steroid dienone is 1. The van der Waals surface area contributed by atoms with Crippen LogP contribution in [0.3, 0.4) is 0 Å². The second-order valence-electron chi connectivity index (χ2n) is 6.19. The molecule has 3 heteroatoms. The van der Waals surface area contributed by atoms with Gasteiger partial charge in [0.25, 0.3) is 0 Å². The molecule has 136 valence electrons. The van der Waals surface area contributed by atoms with Gasteiger partial charge in [0.05, 0.1) is 12.2 Å². The Labute approximate surface area is 160 Å². The van der Waals surface area contributed by atoms with E-state index in [1.54, 1.807) is 11.8 Å². The molecule has 0 aliphatic carbocycles. The maximum absolute atomic E-state index is 12.5. The zero-order valence-corrected chi connectivity index (χ0v) is 15.6. The van der Waals surface area contributed by atoms with E-state index in [0.717, 1.165) is 22.6 Å². The minimum absolute atomic E-state index is 0.0330. The minimum Gasteiger partial charge on any atom is -0.455 e. The SMILES string of the molecule is C/C=C\c1ccccc1CN(C(C)=O)c1ccccc1Oc1ccccc1. The van der Waals surface area contributed by atoms with E-state index in [1.807, 2.05) is 85.8 Å². The summed E-state index contributed by atoms with van der Waals surface area (Å²) >= 11 is 0. The maximum Gasteiger partial charge on any atom is 0.224 e. The van der Waals surface area contributed by atoms with Crippen molar-refractivity contribution in [3.05, 3.63) is 96.1 Å². The van der Waals surface area contributed by atoms with E-state index in [-0.39, 0.29) is 5.91 Å². The smallest absolute Gasteiger partial charge is 0.224 e. The first-order valence-electron chi connectivity index (χ1n) is 8.99. The summed E-state index contributed by atoms with van der Waals surface area (Å²) in [6.07, 6.45) is 4.06. The van der Waals surface area contributed by atoms with E-state index < -0.39 is 0 Å². The third-order valence-corrected chi connectivity index (χ3v) is 4.24. The summed E-state index contributed by atoms with van der Waals surface area (Å²) in [5.41, 5.74) is 2.94. The van der Waals surface area contributed by atoms with Crippen LogP contribution < -0.4 is 9.64 Å². The molecule has 0 aromatic heterocycles. The van der Waals surface area contributed by atoms with Gasteiger partial charge in [0.2, 0.25) is 5.91 Å². The van der Waals surface area contributed by atoms with Gasteiger partial charge in [0.1, 0.15) is 5.75 Å². The number of amides is 1. The van der Waals surface area contributed by atoms with E-state index in [9.17, 15) is 4.79 Å². The minimum atomic E-state index is -0.0330. The van der Waals surface area contributed by atoms with Gasteiger partial charge in [-0.1, -0.05) is 66.7 Å². The van der Waals surface area contributed by atoms with E-state index in [2.05, 4.69) is 12.1 Å². The van der Waals surface area contributed by atoms with Crippen molar-refractivity contribution in [2.75, 3.05) is 4.90 Å². The summed E-state index contributed by atoms with van der Waals surface area (Å²) in [7, 11) is 0. The first-order valence-corrected chi connectivity index (χ1v) is 8.99. The zero-order valence-electron chi connectivity index (χ0n) is 15.6. The van der Waals surface area contributed by atoms with E-state index in [4.69, 9.17) is 4.74 Å². The van der Waals surface area contributed by atoms with Gasteiger partial charge in [0, 0.05) is 6.92 Å². The second-order valence-corrected chi connectivity index (χ2v) is 6.19. The number of benzene rings is 3. The Morgan fingerprint density at radius 1 is 0.926 bits per heavy atom. The fraction of sp³-hybridized carbons (Fsp3) is 0.125. The molecule has 0 unspecified atom stereocenters. The highest BCUT2D eigenvalue weighted by molar-refractivity contribution is 5.93. The predicted octanol–water partition coefficient (Wildman–Crippen LogP) is 6.07. The number of carbonyl (C=O) groups is 1. The molecule has 0 bridgehead atoms. The normalized spacial score (nSPS) is 10.7. The molecule has 0 N–H and O–H groups in total. The van der Waals surface area contributed by atoms with Gasteiger partial charge in [-0.05, 0) is 42.3 Å². The Hall–Kier alpha value is -3.33. The van der Waals surface area contributed by atoms with Crippen LogP contribution in [0.2, 0.25) is 0 Å². The number of para-hydroxylation sites is 3. The Balaban J connectivity index is 1.96. The molecule has 0 atom stereocenters. The molecule has 3 aromatic carbocycles. The fourth-order valence-corrected chi connectivity index (χ4v) is 2.94. The van der Waals surface area contributed by atoms with E-state index in [1.165, 1.54) is 0 Å². The van der Waals surface area contributed by atoms with Gasteiger partial charge in [-0.3, -0.25) is 4.79 Å². The molecule has 3 nitrogen and oxygen atoms in total. The molecule has 0 heterocycles. The first-order chi connectivity index (χ1) is 13.2. The second kappa shape index (κ2) is 8.86. The average molecular weight is 357 g/mol. The highest BCUT2D eigenvalue weighted by Gasteiger charge is 2.18. The molecule has 0 saturated heterocycles. The number of hydrogen-bond acceptors (Lipinski definition) is 2. The van der Waals surface area contributed by atoms with Crippen molar-refractivity contribution in [1.29, 1.82) is 0 Å². The Morgan fingerprint density at radius 2 is 1.59 bits per heavy atom. The van der Waals surface area contributed by atoms with Crippen molar-refractivity contribution in [3.8, 4) is 11.5 Å². The monoisotopic (exact) mass is 357 g/mol. The average Bonchev–Trinajstić information content (AvgIpc) is 2.69. The Kier molecular flexibility index (Phi) is 6.06. The maximum atomic E-state index is 12.5.